The summed E-state index contributed by atoms with van der Waals surface area (Å²) in [4.78, 5) is 8.63. The molecule has 0 fully saturated rings. The van der Waals surface area contributed by atoms with Crippen LogP contribution < -0.4 is 10.6 Å². The third kappa shape index (κ3) is 5.34. The lowest BCUT2D eigenvalue weighted by Gasteiger charge is -2.27. The van der Waals surface area contributed by atoms with Crippen LogP contribution in [0, 0.1) is 0 Å². The molecule has 5 heteroatoms. The minimum Gasteiger partial charge on any atom is -0.356 e. The molecule has 0 saturated heterocycles. The number of rotatable bonds is 6. The number of benzene rings is 1. The summed E-state index contributed by atoms with van der Waals surface area (Å²) in [5, 5.41) is 6.76. The molecule has 0 radical (unpaired) electrons. The number of pyridine rings is 1. The molecule has 4 nitrogen and oxygen atoms in total. The molecule has 2 aromatic rings. The van der Waals surface area contributed by atoms with Crippen molar-refractivity contribution < 1.29 is 0 Å². The van der Waals surface area contributed by atoms with Gasteiger partial charge in [0.2, 0.25) is 0 Å². The maximum atomic E-state index is 4.33. The fourth-order valence-corrected chi connectivity index (χ4v) is 3.31. The highest BCUT2D eigenvalue weighted by molar-refractivity contribution is 9.10. The standard InChI is InChI=1S/C19H25BrN4/c1-19(2,16-9-4-5-10-17(16)20)14-24-18(21-3)23-13-11-15-8-6-7-12-22-15/h4-10,12H,11,13-14H2,1-3H3,(H2,21,23,24). The first kappa shape index (κ1) is 18.5. The average molecular weight is 389 g/mol. The van der Waals surface area contributed by atoms with Crippen molar-refractivity contribution in [2.24, 2.45) is 4.99 Å². The fraction of sp³-hybridized carbons (Fsp3) is 0.368. The number of aromatic nitrogens is 1. The van der Waals surface area contributed by atoms with Crippen LogP contribution in [0.25, 0.3) is 0 Å². The molecule has 2 rings (SSSR count). The third-order valence-electron chi connectivity index (χ3n) is 3.92. The van der Waals surface area contributed by atoms with Crippen molar-refractivity contribution in [1.82, 2.24) is 15.6 Å². The molecular formula is C19H25BrN4. The first-order chi connectivity index (χ1) is 11.5. The predicted molar refractivity (Wildman–Crippen MR) is 104 cm³/mol. The molecule has 1 aromatic heterocycles. The van der Waals surface area contributed by atoms with E-state index in [9.17, 15) is 0 Å². The number of guanidine groups is 1. The second kappa shape index (κ2) is 8.83. The van der Waals surface area contributed by atoms with Crippen molar-refractivity contribution in [3.63, 3.8) is 0 Å². The summed E-state index contributed by atoms with van der Waals surface area (Å²) in [5.41, 5.74) is 2.34. The number of hydrogen-bond donors (Lipinski definition) is 2. The first-order valence-corrected chi connectivity index (χ1v) is 8.91. The van der Waals surface area contributed by atoms with Gasteiger partial charge in [-0.05, 0) is 23.8 Å². The van der Waals surface area contributed by atoms with E-state index in [1.165, 1.54) is 5.56 Å². The van der Waals surface area contributed by atoms with Gasteiger partial charge in [0.1, 0.15) is 0 Å². The number of halogens is 1. The van der Waals surface area contributed by atoms with E-state index < -0.39 is 0 Å². The molecule has 0 aliphatic rings. The maximum Gasteiger partial charge on any atom is 0.191 e. The highest BCUT2D eigenvalue weighted by atomic mass is 79.9. The predicted octanol–water partition coefficient (Wildman–Crippen LogP) is 3.53. The highest BCUT2D eigenvalue weighted by Gasteiger charge is 2.23. The van der Waals surface area contributed by atoms with Gasteiger partial charge < -0.3 is 10.6 Å². The zero-order chi connectivity index (χ0) is 17.4. The van der Waals surface area contributed by atoms with Gasteiger partial charge in [0.05, 0.1) is 0 Å². The van der Waals surface area contributed by atoms with Gasteiger partial charge in [-0.25, -0.2) is 0 Å². The summed E-state index contributed by atoms with van der Waals surface area (Å²) < 4.78 is 1.13. The monoisotopic (exact) mass is 388 g/mol. The summed E-state index contributed by atoms with van der Waals surface area (Å²) in [5.74, 6) is 0.811. The SMILES string of the molecule is CN=C(NCCc1ccccn1)NCC(C)(C)c1ccccc1Br. The Morgan fingerprint density at radius 2 is 1.88 bits per heavy atom. The molecule has 0 amide bonds. The number of hydrogen-bond acceptors (Lipinski definition) is 2. The molecule has 0 aliphatic heterocycles. The van der Waals surface area contributed by atoms with Crippen molar-refractivity contribution in [3.05, 3.63) is 64.4 Å². The molecular weight excluding hydrogens is 364 g/mol. The van der Waals surface area contributed by atoms with Gasteiger partial charge >= 0.3 is 0 Å². The molecule has 0 atom stereocenters. The van der Waals surface area contributed by atoms with Gasteiger partial charge in [0.15, 0.2) is 5.96 Å². The zero-order valence-electron chi connectivity index (χ0n) is 14.5. The van der Waals surface area contributed by atoms with Gasteiger partial charge in [0.25, 0.3) is 0 Å². The van der Waals surface area contributed by atoms with Gasteiger partial charge in [-0.2, -0.15) is 0 Å². The molecule has 0 unspecified atom stereocenters. The number of aliphatic imine (C=N–C) groups is 1. The van der Waals surface area contributed by atoms with Crippen LogP contribution in [0.15, 0.2) is 58.1 Å². The van der Waals surface area contributed by atoms with E-state index in [-0.39, 0.29) is 5.41 Å². The molecule has 0 bridgehead atoms. The second-order valence-corrected chi connectivity index (χ2v) is 7.14. The van der Waals surface area contributed by atoms with Crippen LogP contribution in [0.4, 0.5) is 0 Å². The second-order valence-electron chi connectivity index (χ2n) is 6.29. The van der Waals surface area contributed by atoms with Crippen molar-refractivity contribution in [3.8, 4) is 0 Å². The van der Waals surface area contributed by atoms with Crippen LogP contribution in [0.5, 0.6) is 0 Å². The Labute approximate surface area is 152 Å². The Bertz CT molecular complexity index is 668. The van der Waals surface area contributed by atoms with E-state index in [1.807, 2.05) is 30.5 Å². The number of nitrogens with one attached hydrogen (secondary N) is 2. The van der Waals surface area contributed by atoms with E-state index in [0.29, 0.717) is 0 Å². The molecule has 0 aliphatic carbocycles. The Balaban J connectivity index is 1.86. The normalized spacial score (nSPS) is 12.1. The quantitative estimate of drug-likeness (QED) is 0.587. The topological polar surface area (TPSA) is 49.3 Å². The van der Waals surface area contributed by atoms with Crippen LogP contribution in [0.1, 0.15) is 25.1 Å². The average Bonchev–Trinajstić information content (AvgIpc) is 2.59. The van der Waals surface area contributed by atoms with Crippen LogP contribution >= 0.6 is 15.9 Å². The van der Waals surface area contributed by atoms with Crippen LogP contribution in [-0.4, -0.2) is 31.1 Å². The van der Waals surface area contributed by atoms with Gasteiger partial charge in [-0.3, -0.25) is 9.98 Å². The largest absolute Gasteiger partial charge is 0.356 e. The third-order valence-corrected chi connectivity index (χ3v) is 4.62. The lowest BCUT2D eigenvalue weighted by Crippen LogP contribution is -2.44. The molecule has 128 valence electrons. The smallest absolute Gasteiger partial charge is 0.191 e. The minimum absolute atomic E-state index is 0.0152. The van der Waals surface area contributed by atoms with Gasteiger partial charge in [0, 0.05) is 48.3 Å². The Morgan fingerprint density at radius 3 is 2.54 bits per heavy atom. The fourth-order valence-electron chi connectivity index (χ4n) is 2.49. The van der Waals surface area contributed by atoms with E-state index in [2.05, 4.69) is 68.6 Å². The first-order valence-electron chi connectivity index (χ1n) is 8.12. The molecule has 1 heterocycles. The van der Waals surface area contributed by atoms with E-state index in [1.54, 1.807) is 7.05 Å². The van der Waals surface area contributed by atoms with E-state index in [0.717, 1.165) is 35.6 Å². The molecule has 24 heavy (non-hydrogen) atoms. The van der Waals surface area contributed by atoms with E-state index in [4.69, 9.17) is 0 Å². The molecule has 0 saturated carbocycles. The van der Waals surface area contributed by atoms with Crippen LogP contribution in [-0.2, 0) is 11.8 Å². The van der Waals surface area contributed by atoms with E-state index >= 15 is 0 Å². The summed E-state index contributed by atoms with van der Waals surface area (Å²) in [7, 11) is 1.79. The van der Waals surface area contributed by atoms with Crippen molar-refractivity contribution in [2.45, 2.75) is 25.7 Å². The maximum absolute atomic E-state index is 4.33. The highest BCUT2D eigenvalue weighted by Crippen LogP contribution is 2.29. The van der Waals surface area contributed by atoms with Crippen molar-refractivity contribution in [2.75, 3.05) is 20.1 Å². The van der Waals surface area contributed by atoms with Crippen LogP contribution in [0.3, 0.4) is 0 Å². The summed E-state index contributed by atoms with van der Waals surface area (Å²) >= 11 is 3.64. The summed E-state index contributed by atoms with van der Waals surface area (Å²) in [6.07, 6.45) is 2.69. The van der Waals surface area contributed by atoms with Gasteiger partial charge in [-0.1, -0.05) is 54.0 Å². The Kier molecular flexibility index (Phi) is 6.79. The lowest BCUT2D eigenvalue weighted by atomic mass is 9.84. The lowest BCUT2D eigenvalue weighted by molar-refractivity contribution is 0.506. The molecule has 2 N–H and O–H groups in total. The summed E-state index contributed by atoms with van der Waals surface area (Å²) in [6, 6.07) is 14.3. The molecule has 0 spiro atoms. The van der Waals surface area contributed by atoms with Crippen LogP contribution in [0.2, 0.25) is 0 Å². The van der Waals surface area contributed by atoms with Crippen molar-refractivity contribution in [1.29, 1.82) is 0 Å². The summed E-state index contributed by atoms with van der Waals surface area (Å²) in [6.45, 7) is 6.04. The number of nitrogens with zero attached hydrogens (tertiary/aromatic N) is 2. The minimum atomic E-state index is -0.0152. The van der Waals surface area contributed by atoms with Gasteiger partial charge in [-0.15, -0.1) is 0 Å². The Hall–Kier alpha value is -1.88. The van der Waals surface area contributed by atoms with Crippen molar-refractivity contribution >= 4 is 21.9 Å². The molecule has 1 aromatic carbocycles. The Morgan fingerprint density at radius 1 is 1.12 bits per heavy atom. The zero-order valence-corrected chi connectivity index (χ0v) is 16.1.